The first kappa shape index (κ1) is 20.1. The van der Waals surface area contributed by atoms with Crippen molar-refractivity contribution in [1.29, 1.82) is 0 Å². The van der Waals surface area contributed by atoms with E-state index in [1.165, 1.54) is 0 Å². The van der Waals surface area contributed by atoms with Crippen molar-refractivity contribution >= 4 is 36.7 Å². The van der Waals surface area contributed by atoms with E-state index in [9.17, 15) is 0 Å². The SMILES string of the molecule is S=c1[nH][nH][nH]c(=S)c1=S.[Na+].[Na+].[Na+]. The van der Waals surface area contributed by atoms with Gasteiger partial charge in [-0.1, -0.05) is 36.7 Å². The zero-order valence-electron chi connectivity index (χ0n) is 7.22. The average Bonchev–Trinajstić information content (AvgIpc) is 1.83. The summed E-state index contributed by atoms with van der Waals surface area (Å²) in [7, 11) is 0. The predicted octanol–water partition coefficient (Wildman–Crippen LogP) is -7.13. The minimum atomic E-state index is 0. The number of aromatic amines is 3. The molecule has 0 atom stereocenters. The fourth-order valence-electron chi connectivity index (χ4n) is 0.361. The Balaban J connectivity index is -0.000000270. The van der Waals surface area contributed by atoms with Crippen LogP contribution in [0.2, 0.25) is 0 Å². The minimum absolute atomic E-state index is 0. The average molecular weight is 246 g/mol. The maximum atomic E-state index is 4.80. The van der Waals surface area contributed by atoms with Crippen molar-refractivity contribution in [2.45, 2.75) is 0 Å². The molecule has 0 saturated carbocycles. The van der Waals surface area contributed by atoms with Gasteiger partial charge in [0, 0.05) is 0 Å². The number of rotatable bonds is 0. The second-order valence-electron chi connectivity index (χ2n) is 1.36. The third kappa shape index (κ3) is 6.21. The Morgan fingerprint density at radius 1 is 0.750 bits per heavy atom. The van der Waals surface area contributed by atoms with Gasteiger partial charge in [0.1, 0.15) is 13.8 Å². The molecule has 9 heteroatoms. The summed E-state index contributed by atoms with van der Waals surface area (Å²) in [5.74, 6) is 0. The van der Waals surface area contributed by atoms with E-state index >= 15 is 0 Å². The van der Waals surface area contributed by atoms with E-state index in [0.29, 0.717) is 13.8 Å². The molecule has 0 aliphatic heterocycles. The van der Waals surface area contributed by atoms with E-state index < -0.39 is 0 Å². The zero-order chi connectivity index (χ0) is 6.85. The molecule has 0 fully saturated rings. The van der Waals surface area contributed by atoms with Crippen LogP contribution in [0.4, 0.5) is 0 Å². The fraction of sp³-hybridized carbons (Fsp3) is 0. The molecule has 0 aromatic carbocycles. The Morgan fingerprint density at radius 2 is 1.08 bits per heavy atom. The molecule has 1 aromatic heterocycles. The van der Waals surface area contributed by atoms with Crippen LogP contribution in [0.5, 0.6) is 0 Å². The Kier molecular flexibility index (Phi) is 17.1. The van der Waals surface area contributed by atoms with Crippen molar-refractivity contribution in [2.24, 2.45) is 0 Å². The van der Waals surface area contributed by atoms with E-state index in [0.717, 1.165) is 0 Å². The summed E-state index contributed by atoms with van der Waals surface area (Å²) in [5.41, 5.74) is 0. The summed E-state index contributed by atoms with van der Waals surface area (Å²) in [6.45, 7) is 0. The first-order valence-electron chi connectivity index (χ1n) is 2.11. The second kappa shape index (κ2) is 10.2. The van der Waals surface area contributed by atoms with E-state index in [1.54, 1.807) is 0 Å². The fourth-order valence-corrected chi connectivity index (χ4v) is 0.834. The molecular formula is C3H3N3Na3S3+3. The number of aromatic nitrogens is 3. The van der Waals surface area contributed by atoms with Gasteiger partial charge in [0.25, 0.3) is 0 Å². The third-order valence-electron chi connectivity index (χ3n) is 0.765. The maximum Gasteiger partial charge on any atom is 1.00 e. The first-order chi connectivity index (χ1) is 4.22. The van der Waals surface area contributed by atoms with Crippen molar-refractivity contribution < 1.29 is 88.7 Å². The topological polar surface area (TPSA) is 47.4 Å². The molecule has 3 N–H and O–H groups in total. The van der Waals surface area contributed by atoms with Gasteiger partial charge in [0.2, 0.25) is 0 Å². The molecule has 0 aliphatic rings. The number of hydrogen-bond donors (Lipinski definition) is 3. The van der Waals surface area contributed by atoms with Gasteiger partial charge in [-0.2, -0.15) is 0 Å². The van der Waals surface area contributed by atoms with Crippen molar-refractivity contribution in [3.05, 3.63) is 13.8 Å². The quantitative estimate of drug-likeness (QED) is 0.315. The van der Waals surface area contributed by atoms with Gasteiger partial charge >= 0.3 is 88.7 Å². The molecule has 0 radical (unpaired) electrons. The molecule has 3 nitrogen and oxygen atoms in total. The molecule has 0 amide bonds. The van der Waals surface area contributed by atoms with Crippen LogP contribution in [-0.2, 0) is 0 Å². The van der Waals surface area contributed by atoms with Crippen molar-refractivity contribution in [3.63, 3.8) is 0 Å². The van der Waals surface area contributed by atoms with Gasteiger partial charge < -0.3 is 0 Å². The van der Waals surface area contributed by atoms with Crippen LogP contribution in [0, 0.1) is 13.8 Å². The maximum absolute atomic E-state index is 4.80. The predicted molar refractivity (Wildman–Crippen MR) is 42.0 cm³/mol. The monoisotopic (exact) mass is 246 g/mol. The summed E-state index contributed by atoms with van der Waals surface area (Å²) in [5, 5.41) is 7.75. The molecule has 0 unspecified atom stereocenters. The van der Waals surface area contributed by atoms with Gasteiger partial charge in [0.05, 0.1) is 0 Å². The summed E-state index contributed by atoms with van der Waals surface area (Å²) in [6.07, 6.45) is 0. The second-order valence-corrected chi connectivity index (χ2v) is 2.59. The largest absolute Gasteiger partial charge is 1.00 e. The van der Waals surface area contributed by atoms with Crippen molar-refractivity contribution in [2.75, 3.05) is 0 Å². The van der Waals surface area contributed by atoms with E-state index in [1.807, 2.05) is 0 Å². The van der Waals surface area contributed by atoms with E-state index in [4.69, 9.17) is 36.7 Å². The molecule has 12 heavy (non-hydrogen) atoms. The van der Waals surface area contributed by atoms with Gasteiger partial charge in [-0.3, -0.25) is 10.2 Å². The van der Waals surface area contributed by atoms with Crippen LogP contribution < -0.4 is 88.7 Å². The molecule has 0 spiro atoms. The van der Waals surface area contributed by atoms with E-state index in [-0.39, 0.29) is 88.7 Å². The molecular weight excluding hydrogens is 243 g/mol. The van der Waals surface area contributed by atoms with Crippen LogP contribution in [-0.4, -0.2) is 15.4 Å². The van der Waals surface area contributed by atoms with Gasteiger partial charge in [-0.05, 0) is 0 Å². The van der Waals surface area contributed by atoms with Crippen molar-refractivity contribution in [3.8, 4) is 0 Å². The molecule has 0 aliphatic carbocycles. The summed E-state index contributed by atoms with van der Waals surface area (Å²) < 4.78 is 1.42. The van der Waals surface area contributed by atoms with Gasteiger partial charge in [-0.25, -0.2) is 5.21 Å². The Labute approximate surface area is 151 Å². The standard InChI is InChI=1S/C3H3N3S3.3Na/c7-1-2(8)4-6-5-3(1)9;;;/h(H,6,7)(H2,4,5,8,9);;;/q;3*+1. The summed E-state index contributed by atoms with van der Waals surface area (Å²) in [6, 6.07) is 0. The molecule has 1 aromatic rings. The van der Waals surface area contributed by atoms with Crippen LogP contribution in [0.25, 0.3) is 0 Å². The number of hydrogen-bond acceptors (Lipinski definition) is 3. The third-order valence-corrected chi connectivity index (χ3v) is 2.04. The van der Waals surface area contributed by atoms with Crippen LogP contribution >= 0.6 is 36.7 Å². The Bertz CT molecular complexity index is 334. The molecule has 48 valence electrons. The molecule has 1 heterocycles. The van der Waals surface area contributed by atoms with Crippen LogP contribution in [0.15, 0.2) is 0 Å². The molecule has 0 bridgehead atoms. The van der Waals surface area contributed by atoms with Crippen LogP contribution in [0.3, 0.4) is 0 Å². The Morgan fingerprint density at radius 3 is 1.33 bits per heavy atom. The summed E-state index contributed by atoms with van der Waals surface area (Å²) >= 11 is 14.3. The normalized spacial score (nSPS) is 7.00. The first-order valence-corrected chi connectivity index (χ1v) is 3.34. The van der Waals surface area contributed by atoms with Crippen LogP contribution in [0.1, 0.15) is 0 Å². The summed E-state index contributed by atoms with van der Waals surface area (Å²) in [4.78, 5) is 0. The van der Waals surface area contributed by atoms with Gasteiger partial charge in [-0.15, -0.1) is 0 Å². The van der Waals surface area contributed by atoms with Crippen molar-refractivity contribution in [1.82, 2.24) is 15.4 Å². The minimum Gasteiger partial charge on any atom is -0.275 e. The molecule has 0 saturated heterocycles. The Hall–Kier alpha value is 2.67. The van der Waals surface area contributed by atoms with Gasteiger partial charge in [0.15, 0.2) is 0 Å². The number of H-pyrrole nitrogens is 3. The smallest absolute Gasteiger partial charge is 0.275 e. The zero-order valence-corrected chi connectivity index (χ0v) is 15.7. The number of nitrogens with one attached hydrogen (secondary N) is 3. The molecule has 1 rings (SSSR count). The van der Waals surface area contributed by atoms with E-state index in [2.05, 4.69) is 15.4 Å².